The third-order valence-corrected chi connectivity index (χ3v) is 5.27. The van der Waals surface area contributed by atoms with E-state index >= 15 is 0 Å². The smallest absolute Gasteiger partial charge is 0.180 e. The number of piperidine rings is 1. The minimum atomic E-state index is 0.0211. The van der Waals surface area contributed by atoms with Crippen LogP contribution in [0.1, 0.15) is 24.0 Å². The van der Waals surface area contributed by atoms with Crippen LogP contribution in [0.2, 0.25) is 0 Å². The van der Waals surface area contributed by atoms with Gasteiger partial charge in [0.1, 0.15) is 5.75 Å². The molecule has 2 aromatic carbocycles. The molecule has 0 amide bonds. The van der Waals surface area contributed by atoms with Crippen LogP contribution in [0.25, 0.3) is 11.1 Å². The Morgan fingerprint density at radius 1 is 0.880 bits per heavy atom. The summed E-state index contributed by atoms with van der Waals surface area (Å²) >= 11 is 0. The van der Waals surface area contributed by atoms with E-state index in [1.165, 1.54) is 16.7 Å². The van der Waals surface area contributed by atoms with Crippen molar-refractivity contribution < 1.29 is 4.74 Å². The van der Waals surface area contributed by atoms with Crippen molar-refractivity contribution in [1.82, 2.24) is 15.5 Å². The van der Waals surface area contributed by atoms with Gasteiger partial charge >= 0.3 is 0 Å². The number of H-pyrrole nitrogens is 1. The van der Waals surface area contributed by atoms with Crippen molar-refractivity contribution in [2.24, 2.45) is 0 Å². The summed E-state index contributed by atoms with van der Waals surface area (Å²) in [4.78, 5) is 0. The van der Waals surface area contributed by atoms with Crippen LogP contribution in [0.3, 0.4) is 0 Å². The van der Waals surface area contributed by atoms with E-state index < -0.39 is 0 Å². The highest BCUT2D eigenvalue weighted by Gasteiger charge is 2.35. The first-order valence-corrected chi connectivity index (χ1v) is 8.59. The van der Waals surface area contributed by atoms with E-state index in [2.05, 4.69) is 51.9 Å². The van der Waals surface area contributed by atoms with E-state index in [0.717, 1.165) is 31.5 Å². The summed E-state index contributed by atoms with van der Waals surface area (Å²) in [5.74, 6) is 0.683. The molecule has 4 nitrogen and oxygen atoms in total. The standard InChI is InChI=1S/C21H21N3O/c1-25-20-8-6-19(7-9-20)21(10-12-22-13-11-21)18-4-2-16(3-5-18)17-14-23-24-15-17/h1-9,14-15,22H,10-13H2,(H,23,24). The van der Waals surface area contributed by atoms with Gasteiger partial charge in [0, 0.05) is 17.2 Å². The van der Waals surface area contributed by atoms with Crippen molar-refractivity contribution in [1.29, 1.82) is 0 Å². The van der Waals surface area contributed by atoms with Gasteiger partial charge in [0.05, 0.1) is 6.20 Å². The zero-order valence-electron chi connectivity index (χ0n) is 14.0. The number of aromatic amines is 1. The second kappa shape index (κ2) is 6.73. The number of hydrogen-bond acceptors (Lipinski definition) is 3. The van der Waals surface area contributed by atoms with E-state index in [1.807, 2.05) is 24.5 Å². The van der Waals surface area contributed by atoms with E-state index in [9.17, 15) is 0 Å². The van der Waals surface area contributed by atoms with Gasteiger partial charge in [0.25, 0.3) is 0 Å². The molecule has 4 heteroatoms. The SMILES string of the molecule is [CH]Oc1ccc(C2(c3ccc(-c4cn[nH]c4)cc3)CCNCC2)cc1. The van der Waals surface area contributed by atoms with Gasteiger partial charge in [-0.2, -0.15) is 5.10 Å². The van der Waals surface area contributed by atoms with Crippen LogP contribution < -0.4 is 10.1 Å². The van der Waals surface area contributed by atoms with Crippen LogP contribution in [-0.4, -0.2) is 23.3 Å². The highest BCUT2D eigenvalue weighted by Crippen LogP contribution is 2.41. The van der Waals surface area contributed by atoms with Crippen molar-refractivity contribution in [2.75, 3.05) is 13.1 Å². The van der Waals surface area contributed by atoms with Crippen LogP contribution in [-0.2, 0) is 5.41 Å². The quantitative estimate of drug-likeness (QED) is 0.765. The molecule has 0 saturated carbocycles. The molecule has 1 aliphatic rings. The molecule has 1 saturated heterocycles. The van der Waals surface area contributed by atoms with Gasteiger partial charge in [-0.3, -0.25) is 5.10 Å². The van der Waals surface area contributed by atoms with E-state index in [-0.39, 0.29) is 5.41 Å². The number of benzene rings is 2. The lowest BCUT2D eigenvalue weighted by Gasteiger charge is -2.39. The average Bonchev–Trinajstić information content (AvgIpc) is 3.24. The van der Waals surface area contributed by atoms with Crippen molar-refractivity contribution in [3.63, 3.8) is 0 Å². The largest absolute Gasteiger partial charge is 0.482 e. The molecule has 2 N–H and O–H groups in total. The number of nitrogens with zero attached hydrogens (tertiary/aromatic N) is 1. The van der Waals surface area contributed by atoms with Gasteiger partial charge in [-0.25, -0.2) is 0 Å². The maximum Gasteiger partial charge on any atom is 0.180 e. The molecule has 126 valence electrons. The van der Waals surface area contributed by atoms with Crippen molar-refractivity contribution in [3.05, 3.63) is 79.2 Å². The Labute approximate surface area is 148 Å². The minimum Gasteiger partial charge on any atom is -0.482 e. The molecule has 2 radical (unpaired) electrons. The summed E-state index contributed by atoms with van der Waals surface area (Å²) in [6, 6.07) is 17.0. The minimum absolute atomic E-state index is 0.0211. The molecule has 1 fully saturated rings. The number of hydrogen-bond donors (Lipinski definition) is 2. The van der Waals surface area contributed by atoms with E-state index in [0.29, 0.717) is 5.75 Å². The van der Waals surface area contributed by atoms with Gasteiger partial charge in [-0.15, -0.1) is 0 Å². The summed E-state index contributed by atoms with van der Waals surface area (Å²) in [6.45, 7) is 2.03. The van der Waals surface area contributed by atoms with Crippen molar-refractivity contribution in [2.45, 2.75) is 18.3 Å². The van der Waals surface area contributed by atoms with E-state index in [1.54, 1.807) is 0 Å². The van der Waals surface area contributed by atoms with Crippen LogP contribution in [0.5, 0.6) is 5.75 Å². The molecule has 2 heterocycles. The molecule has 0 spiro atoms. The van der Waals surface area contributed by atoms with Gasteiger partial charge < -0.3 is 10.1 Å². The zero-order valence-corrected chi connectivity index (χ0v) is 14.0. The van der Waals surface area contributed by atoms with Crippen LogP contribution in [0.15, 0.2) is 60.9 Å². The third kappa shape index (κ3) is 2.94. The first kappa shape index (κ1) is 15.9. The van der Waals surface area contributed by atoms with Gasteiger partial charge in [-0.05, 0) is 54.8 Å². The first-order valence-electron chi connectivity index (χ1n) is 8.59. The third-order valence-electron chi connectivity index (χ3n) is 5.27. The monoisotopic (exact) mass is 331 g/mol. The summed E-state index contributed by atoms with van der Waals surface area (Å²) in [6.07, 6.45) is 5.91. The lowest BCUT2D eigenvalue weighted by molar-refractivity contribution is 0.361. The van der Waals surface area contributed by atoms with Crippen molar-refractivity contribution >= 4 is 0 Å². The van der Waals surface area contributed by atoms with Gasteiger partial charge in [-0.1, -0.05) is 36.4 Å². The zero-order chi connectivity index (χ0) is 17.1. The number of nitrogens with one attached hydrogen (secondary N) is 2. The summed E-state index contributed by atoms with van der Waals surface area (Å²) in [7, 11) is 5.27. The lowest BCUT2D eigenvalue weighted by atomic mass is 9.68. The molecule has 0 unspecified atom stereocenters. The summed E-state index contributed by atoms with van der Waals surface area (Å²) in [5.41, 5.74) is 4.96. The molecule has 25 heavy (non-hydrogen) atoms. The molecule has 1 aliphatic heterocycles. The number of aromatic nitrogens is 2. The molecule has 4 rings (SSSR count). The highest BCUT2D eigenvalue weighted by atomic mass is 16.5. The van der Waals surface area contributed by atoms with Crippen LogP contribution >= 0.6 is 0 Å². The topological polar surface area (TPSA) is 49.9 Å². The Bertz CT molecular complexity index is 801. The fourth-order valence-electron chi connectivity index (χ4n) is 3.84. The highest BCUT2D eigenvalue weighted by molar-refractivity contribution is 5.62. The fourth-order valence-corrected chi connectivity index (χ4v) is 3.84. The number of ether oxygens (including phenoxy) is 1. The van der Waals surface area contributed by atoms with Gasteiger partial charge in [0.15, 0.2) is 7.11 Å². The molecule has 0 atom stereocenters. The Hall–Kier alpha value is -2.59. The van der Waals surface area contributed by atoms with Crippen molar-refractivity contribution in [3.8, 4) is 16.9 Å². The maximum atomic E-state index is 5.27. The maximum absolute atomic E-state index is 5.27. The Kier molecular flexibility index (Phi) is 4.28. The van der Waals surface area contributed by atoms with Crippen LogP contribution in [0.4, 0.5) is 0 Å². The second-order valence-corrected chi connectivity index (χ2v) is 6.54. The Balaban J connectivity index is 1.73. The van der Waals surface area contributed by atoms with E-state index in [4.69, 9.17) is 11.8 Å². The number of rotatable bonds is 4. The summed E-state index contributed by atoms with van der Waals surface area (Å²) < 4.78 is 4.83. The predicted octanol–water partition coefficient (Wildman–Crippen LogP) is 3.79. The second-order valence-electron chi connectivity index (χ2n) is 6.54. The normalized spacial score (nSPS) is 16.5. The fraction of sp³-hybridized carbons (Fsp3) is 0.238. The molecule has 1 aromatic heterocycles. The molecule has 0 bridgehead atoms. The average molecular weight is 331 g/mol. The Morgan fingerprint density at radius 3 is 2.08 bits per heavy atom. The summed E-state index contributed by atoms with van der Waals surface area (Å²) in [5, 5.41) is 10.4. The molecule has 0 aliphatic carbocycles. The predicted molar refractivity (Wildman–Crippen MR) is 98.3 cm³/mol. The Morgan fingerprint density at radius 2 is 1.52 bits per heavy atom. The molecule has 3 aromatic rings. The first-order chi connectivity index (χ1) is 12.3. The molecular weight excluding hydrogens is 310 g/mol. The van der Waals surface area contributed by atoms with Crippen LogP contribution in [0, 0.1) is 7.11 Å². The molecular formula is C21H21N3O. The van der Waals surface area contributed by atoms with Gasteiger partial charge in [0.2, 0.25) is 0 Å². The lowest BCUT2D eigenvalue weighted by Crippen LogP contribution is -2.40.